The third kappa shape index (κ3) is 5.17. The lowest BCUT2D eigenvalue weighted by molar-refractivity contribution is 0.101. The predicted molar refractivity (Wildman–Crippen MR) is 136 cm³/mol. The van der Waals surface area contributed by atoms with Gasteiger partial charge in [0.25, 0.3) is 5.91 Å². The fraction of sp³-hybridized carbons (Fsp3) is 0.207. The van der Waals surface area contributed by atoms with Crippen LogP contribution in [-0.4, -0.2) is 17.1 Å². The van der Waals surface area contributed by atoms with Gasteiger partial charge in [0.05, 0.1) is 5.52 Å². The number of carbonyl (C=O) groups is 1. The number of benzene rings is 3. The Bertz CT molecular complexity index is 1270. The Labute approximate surface area is 195 Å². The van der Waals surface area contributed by atoms with E-state index in [4.69, 9.17) is 4.74 Å². The topological polar surface area (TPSA) is 43.3 Å². The van der Waals surface area contributed by atoms with Gasteiger partial charge in [0, 0.05) is 17.6 Å². The normalized spacial score (nSPS) is 10.8. The summed E-state index contributed by atoms with van der Waals surface area (Å²) in [6.45, 7) is 9.01. The van der Waals surface area contributed by atoms with Gasteiger partial charge >= 0.3 is 0 Å². The highest BCUT2D eigenvalue weighted by Gasteiger charge is 2.18. The van der Waals surface area contributed by atoms with Gasteiger partial charge in [0.15, 0.2) is 0 Å². The number of rotatable bonds is 9. The molecular weight excluding hydrogens is 408 g/mol. The SMILES string of the molecule is C=CCOc1cccc2c1cc(C(=O)Nc1ccc(C)c(C)c1)n2CCCc1ccccc1. The van der Waals surface area contributed by atoms with Gasteiger partial charge in [-0.2, -0.15) is 0 Å². The summed E-state index contributed by atoms with van der Waals surface area (Å²) < 4.78 is 7.98. The van der Waals surface area contributed by atoms with E-state index in [1.54, 1.807) is 6.08 Å². The molecule has 3 aromatic carbocycles. The number of ether oxygens (including phenoxy) is 1. The second-order valence-corrected chi connectivity index (χ2v) is 8.31. The molecule has 0 saturated heterocycles. The maximum absolute atomic E-state index is 13.4. The lowest BCUT2D eigenvalue weighted by Gasteiger charge is -2.12. The quantitative estimate of drug-likeness (QED) is 0.295. The van der Waals surface area contributed by atoms with Crippen LogP contribution in [-0.2, 0) is 13.0 Å². The van der Waals surface area contributed by atoms with E-state index in [0.717, 1.165) is 47.3 Å². The molecule has 168 valence electrons. The molecule has 4 nitrogen and oxygen atoms in total. The van der Waals surface area contributed by atoms with E-state index in [1.807, 2.05) is 48.5 Å². The van der Waals surface area contributed by atoms with Crippen molar-refractivity contribution in [2.45, 2.75) is 33.2 Å². The molecule has 0 aliphatic carbocycles. The van der Waals surface area contributed by atoms with E-state index in [9.17, 15) is 4.79 Å². The van der Waals surface area contributed by atoms with Gasteiger partial charge in [-0.05, 0) is 73.7 Å². The van der Waals surface area contributed by atoms with E-state index in [2.05, 4.69) is 54.6 Å². The summed E-state index contributed by atoms with van der Waals surface area (Å²) >= 11 is 0. The smallest absolute Gasteiger partial charge is 0.272 e. The number of aryl methyl sites for hydroxylation is 4. The third-order valence-corrected chi connectivity index (χ3v) is 5.95. The lowest BCUT2D eigenvalue weighted by atomic mass is 10.1. The highest BCUT2D eigenvalue weighted by molar-refractivity contribution is 6.07. The zero-order chi connectivity index (χ0) is 23.2. The number of anilines is 1. The zero-order valence-electron chi connectivity index (χ0n) is 19.3. The Morgan fingerprint density at radius 2 is 1.82 bits per heavy atom. The number of nitrogens with one attached hydrogen (secondary N) is 1. The van der Waals surface area contributed by atoms with Crippen LogP contribution >= 0.6 is 0 Å². The Morgan fingerprint density at radius 1 is 1.00 bits per heavy atom. The van der Waals surface area contributed by atoms with Crippen molar-refractivity contribution in [1.82, 2.24) is 4.57 Å². The molecule has 0 atom stereocenters. The van der Waals surface area contributed by atoms with E-state index in [0.29, 0.717) is 12.3 Å². The summed E-state index contributed by atoms with van der Waals surface area (Å²) in [5.74, 6) is 0.637. The molecule has 4 heteroatoms. The molecule has 0 saturated carbocycles. The highest BCUT2D eigenvalue weighted by Crippen LogP contribution is 2.30. The number of fused-ring (bicyclic) bond motifs is 1. The van der Waals surface area contributed by atoms with E-state index in [-0.39, 0.29) is 5.91 Å². The molecule has 33 heavy (non-hydrogen) atoms. The zero-order valence-corrected chi connectivity index (χ0v) is 19.3. The van der Waals surface area contributed by atoms with E-state index >= 15 is 0 Å². The maximum atomic E-state index is 13.4. The van der Waals surface area contributed by atoms with Gasteiger partial charge in [0.2, 0.25) is 0 Å². The van der Waals surface area contributed by atoms with E-state index in [1.165, 1.54) is 11.1 Å². The Morgan fingerprint density at radius 3 is 2.58 bits per heavy atom. The van der Waals surface area contributed by atoms with Crippen LogP contribution in [0.25, 0.3) is 10.9 Å². The van der Waals surface area contributed by atoms with Crippen molar-refractivity contribution in [3.63, 3.8) is 0 Å². The Hall–Kier alpha value is -3.79. The van der Waals surface area contributed by atoms with Gasteiger partial charge in [-0.3, -0.25) is 4.79 Å². The molecule has 4 aromatic rings. The molecule has 0 unspecified atom stereocenters. The van der Waals surface area contributed by atoms with Crippen LogP contribution in [0.5, 0.6) is 5.75 Å². The van der Waals surface area contributed by atoms with Crippen molar-refractivity contribution < 1.29 is 9.53 Å². The first-order chi connectivity index (χ1) is 16.1. The monoisotopic (exact) mass is 438 g/mol. The van der Waals surface area contributed by atoms with Crippen molar-refractivity contribution in [2.24, 2.45) is 0 Å². The summed E-state index contributed by atoms with van der Waals surface area (Å²) in [6, 6.07) is 24.3. The van der Waals surface area contributed by atoms with Crippen LogP contribution in [0.1, 0.15) is 33.6 Å². The van der Waals surface area contributed by atoms with Crippen LogP contribution in [0.15, 0.2) is 85.5 Å². The molecule has 0 aliphatic rings. The second-order valence-electron chi connectivity index (χ2n) is 8.31. The molecule has 1 aromatic heterocycles. The summed E-state index contributed by atoms with van der Waals surface area (Å²) in [5, 5.41) is 4.02. The first-order valence-electron chi connectivity index (χ1n) is 11.4. The summed E-state index contributed by atoms with van der Waals surface area (Å²) in [4.78, 5) is 13.4. The Kier molecular flexibility index (Phi) is 6.94. The Balaban J connectivity index is 1.66. The van der Waals surface area contributed by atoms with Crippen molar-refractivity contribution >= 4 is 22.5 Å². The standard InChI is InChI=1S/C29H30N2O2/c1-4-18-33-28-14-8-13-26-25(28)20-27(29(32)30-24-16-15-21(2)22(3)19-24)31(26)17-9-12-23-10-6-5-7-11-23/h4-8,10-11,13-16,19-20H,1,9,12,17-18H2,2-3H3,(H,30,32). The summed E-state index contributed by atoms with van der Waals surface area (Å²) in [6.07, 6.45) is 3.60. The molecule has 1 N–H and O–H groups in total. The van der Waals surface area contributed by atoms with Gasteiger partial charge in [-0.15, -0.1) is 0 Å². The molecule has 1 amide bonds. The average molecular weight is 439 g/mol. The van der Waals surface area contributed by atoms with Crippen LogP contribution in [0.4, 0.5) is 5.69 Å². The number of aromatic nitrogens is 1. The van der Waals surface area contributed by atoms with Gasteiger partial charge in [-0.1, -0.05) is 55.1 Å². The predicted octanol–water partition coefficient (Wildman–Crippen LogP) is 6.71. The van der Waals surface area contributed by atoms with Crippen molar-refractivity contribution in [1.29, 1.82) is 0 Å². The van der Waals surface area contributed by atoms with Crippen molar-refractivity contribution in [3.8, 4) is 5.75 Å². The first kappa shape index (κ1) is 22.4. The molecular formula is C29H30N2O2. The lowest BCUT2D eigenvalue weighted by Crippen LogP contribution is -2.17. The molecule has 0 aliphatic heterocycles. The second kappa shape index (κ2) is 10.2. The van der Waals surface area contributed by atoms with Crippen molar-refractivity contribution in [3.05, 3.63) is 108 Å². The highest BCUT2D eigenvalue weighted by atomic mass is 16.5. The fourth-order valence-electron chi connectivity index (χ4n) is 4.06. The average Bonchev–Trinajstić information content (AvgIpc) is 3.20. The number of hydrogen-bond acceptors (Lipinski definition) is 2. The van der Waals surface area contributed by atoms with Crippen molar-refractivity contribution in [2.75, 3.05) is 11.9 Å². The molecule has 0 fully saturated rings. The molecule has 4 rings (SSSR count). The number of nitrogens with zero attached hydrogens (tertiary/aromatic N) is 1. The first-order valence-corrected chi connectivity index (χ1v) is 11.4. The molecule has 0 radical (unpaired) electrons. The minimum absolute atomic E-state index is 0.121. The number of amides is 1. The van der Waals surface area contributed by atoms with Gasteiger partial charge < -0.3 is 14.6 Å². The maximum Gasteiger partial charge on any atom is 0.272 e. The molecule has 1 heterocycles. The summed E-state index contributed by atoms with van der Waals surface area (Å²) in [5.41, 5.74) is 6.07. The van der Waals surface area contributed by atoms with Gasteiger partial charge in [-0.25, -0.2) is 0 Å². The van der Waals surface area contributed by atoms with Crippen LogP contribution in [0, 0.1) is 13.8 Å². The minimum atomic E-state index is -0.121. The fourth-order valence-corrected chi connectivity index (χ4v) is 4.06. The molecule has 0 bridgehead atoms. The molecule has 0 spiro atoms. The van der Waals surface area contributed by atoms with Crippen LogP contribution in [0.2, 0.25) is 0 Å². The van der Waals surface area contributed by atoms with Crippen LogP contribution in [0.3, 0.4) is 0 Å². The third-order valence-electron chi connectivity index (χ3n) is 5.95. The number of hydrogen-bond donors (Lipinski definition) is 1. The van der Waals surface area contributed by atoms with Crippen LogP contribution < -0.4 is 10.1 Å². The minimum Gasteiger partial charge on any atom is -0.489 e. The summed E-state index contributed by atoms with van der Waals surface area (Å²) in [7, 11) is 0. The van der Waals surface area contributed by atoms with E-state index < -0.39 is 0 Å². The van der Waals surface area contributed by atoms with Gasteiger partial charge in [0.1, 0.15) is 18.1 Å². The largest absolute Gasteiger partial charge is 0.489 e. The number of carbonyl (C=O) groups excluding carboxylic acids is 1.